The number of H-pyrrole nitrogens is 1. The van der Waals surface area contributed by atoms with Crippen molar-refractivity contribution in [3.63, 3.8) is 0 Å². The van der Waals surface area contributed by atoms with Gasteiger partial charge in [0.25, 0.3) is 11.5 Å². The van der Waals surface area contributed by atoms with Gasteiger partial charge in [-0.1, -0.05) is 39.0 Å². The Hall–Kier alpha value is -2.60. The van der Waals surface area contributed by atoms with Gasteiger partial charge in [0.15, 0.2) is 0 Å². The topological polar surface area (TPSA) is 82.2 Å². The van der Waals surface area contributed by atoms with E-state index in [0.717, 1.165) is 30.4 Å². The van der Waals surface area contributed by atoms with Crippen LogP contribution in [0.1, 0.15) is 59.5 Å². The average molecular weight is 397 g/mol. The highest BCUT2D eigenvalue weighted by Crippen LogP contribution is 2.41. The second kappa shape index (κ2) is 7.09. The van der Waals surface area contributed by atoms with Gasteiger partial charge in [0.1, 0.15) is 16.1 Å². The summed E-state index contributed by atoms with van der Waals surface area (Å²) in [7, 11) is 0. The van der Waals surface area contributed by atoms with Gasteiger partial charge in [-0.2, -0.15) is 0 Å². The van der Waals surface area contributed by atoms with Crippen LogP contribution in [0.2, 0.25) is 0 Å². The number of aryl methyl sites for hydroxylation is 1. The number of benzene rings is 1. The van der Waals surface area contributed by atoms with Crippen molar-refractivity contribution in [3.05, 3.63) is 56.2 Å². The minimum absolute atomic E-state index is 0.203. The lowest BCUT2D eigenvalue weighted by molar-refractivity contribution is 0.102. The van der Waals surface area contributed by atoms with Crippen LogP contribution in [-0.4, -0.2) is 16.0 Å². The van der Waals surface area contributed by atoms with Crippen LogP contribution in [0.25, 0.3) is 10.2 Å². The number of thiophene rings is 1. The fourth-order valence-corrected chi connectivity index (χ4v) is 5.40. The summed E-state index contributed by atoms with van der Waals surface area (Å²) in [5.74, 6) is 0.0182. The highest BCUT2D eigenvalue weighted by molar-refractivity contribution is 7.18. The van der Waals surface area contributed by atoms with Crippen LogP contribution in [0.15, 0.2) is 29.1 Å². The number of fused-ring (bicyclic) bond motifs is 3. The van der Waals surface area contributed by atoms with Crippen LogP contribution < -0.4 is 10.9 Å². The Kier molecular flexibility index (Phi) is 4.75. The lowest BCUT2D eigenvalue weighted by Gasteiger charge is -2.18. The molecule has 5 nitrogen and oxygen atoms in total. The van der Waals surface area contributed by atoms with Crippen molar-refractivity contribution in [1.29, 1.82) is 0 Å². The zero-order valence-electron chi connectivity index (χ0n) is 16.3. The van der Waals surface area contributed by atoms with E-state index in [1.54, 1.807) is 0 Å². The number of aromatic hydroxyl groups is 1. The summed E-state index contributed by atoms with van der Waals surface area (Å²) in [6, 6.07) is 7.51. The minimum Gasteiger partial charge on any atom is -0.506 e. The van der Waals surface area contributed by atoms with Crippen LogP contribution in [-0.2, 0) is 12.8 Å². The molecule has 3 N–H and O–H groups in total. The lowest BCUT2D eigenvalue weighted by Crippen LogP contribution is -2.24. The van der Waals surface area contributed by atoms with Gasteiger partial charge in [0.2, 0.25) is 0 Å². The molecule has 0 bridgehead atoms. The molecule has 0 aliphatic heterocycles. The van der Waals surface area contributed by atoms with Crippen LogP contribution in [0.5, 0.6) is 5.75 Å². The SMILES string of the molecule is CC(C)c1ccccc1NC(=O)c1c(O)c2c3c(sc2[nH]c1=O)C[C@H](C)CC3. The molecule has 1 atom stereocenters. The Morgan fingerprint density at radius 2 is 2.07 bits per heavy atom. The number of aromatic nitrogens is 1. The van der Waals surface area contributed by atoms with Gasteiger partial charge >= 0.3 is 0 Å². The van der Waals surface area contributed by atoms with E-state index in [4.69, 9.17) is 0 Å². The molecule has 0 unspecified atom stereocenters. The molecule has 1 aliphatic rings. The number of para-hydroxylation sites is 1. The van der Waals surface area contributed by atoms with Crippen LogP contribution in [0, 0.1) is 5.92 Å². The molecule has 0 saturated carbocycles. The van der Waals surface area contributed by atoms with E-state index < -0.39 is 11.5 Å². The third-order valence-corrected chi connectivity index (χ3v) is 6.67. The fourth-order valence-electron chi connectivity index (χ4n) is 4.00. The standard InChI is InChI=1S/C22H24N2O3S/c1-11(2)13-6-4-5-7-15(13)23-20(26)18-19(25)17-14-9-8-12(3)10-16(14)28-22(17)24-21(18)27/h4-7,11-12H,8-10H2,1-3H3,(H,23,26)(H2,24,25,27)/t12-/m1/s1. The minimum atomic E-state index is -0.585. The molecule has 3 aromatic rings. The normalized spacial score (nSPS) is 16.4. The maximum atomic E-state index is 12.9. The zero-order valence-corrected chi connectivity index (χ0v) is 17.1. The van der Waals surface area contributed by atoms with Crippen molar-refractivity contribution in [1.82, 2.24) is 4.98 Å². The van der Waals surface area contributed by atoms with E-state index in [2.05, 4.69) is 17.2 Å². The molecular weight excluding hydrogens is 372 g/mol. The fraction of sp³-hybridized carbons (Fsp3) is 0.364. The molecular formula is C22H24N2O3S. The number of hydrogen-bond acceptors (Lipinski definition) is 4. The Bertz CT molecular complexity index is 1130. The molecule has 1 amide bonds. The second-order valence-electron chi connectivity index (χ2n) is 7.93. The number of rotatable bonds is 3. The first-order valence-corrected chi connectivity index (χ1v) is 10.5. The number of carbonyl (C=O) groups is 1. The molecule has 4 rings (SSSR count). The first kappa shape index (κ1) is 18.7. The highest BCUT2D eigenvalue weighted by atomic mass is 32.1. The first-order valence-electron chi connectivity index (χ1n) is 9.66. The summed E-state index contributed by atoms with van der Waals surface area (Å²) < 4.78 is 0. The van der Waals surface area contributed by atoms with Crippen molar-refractivity contribution in [2.45, 2.75) is 46.0 Å². The van der Waals surface area contributed by atoms with Gasteiger partial charge in [-0.15, -0.1) is 11.3 Å². The van der Waals surface area contributed by atoms with Crippen LogP contribution in [0.4, 0.5) is 5.69 Å². The first-order chi connectivity index (χ1) is 13.4. The number of amides is 1. The maximum Gasteiger partial charge on any atom is 0.265 e. The van der Waals surface area contributed by atoms with Gasteiger partial charge in [0, 0.05) is 10.6 Å². The second-order valence-corrected chi connectivity index (χ2v) is 9.03. The molecule has 0 radical (unpaired) electrons. The molecule has 1 aliphatic carbocycles. The molecule has 146 valence electrons. The smallest absolute Gasteiger partial charge is 0.265 e. The van der Waals surface area contributed by atoms with Crippen molar-refractivity contribution in [2.75, 3.05) is 5.32 Å². The number of hydrogen-bond donors (Lipinski definition) is 3. The number of pyridine rings is 1. The lowest BCUT2D eigenvalue weighted by atomic mass is 9.89. The van der Waals surface area contributed by atoms with Gasteiger partial charge < -0.3 is 15.4 Å². The molecule has 28 heavy (non-hydrogen) atoms. The Labute approximate surface area is 167 Å². The van der Waals surface area contributed by atoms with E-state index in [1.165, 1.54) is 16.2 Å². The van der Waals surface area contributed by atoms with Crippen molar-refractivity contribution in [3.8, 4) is 5.75 Å². The van der Waals surface area contributed by atoms with Gasteiger partial charge in [-0.3, -0.25) is 9.59 Å². The van der Waals surface area contributed by atoms with Crippen molar-refractivity contribution >= 4 is 33.1 Å². The number of anilines is 1. The van der Waals surface area contributed by atoms with E-state index in [0.29, 0.717) is 21.8 Å². The number of nitrogens with one attached hydrogen (secondary N) is 2. The van der Waals surface area contributed by atoms with Gasteiger partial charge in [-0.05, 0) is 48.3 Å². The molecule has 6 heteroatoms. The monoisotopic (exact) mass is 396 g/mol. The van der Waals surface area contributed by atoms with Crippen molar-refractivity contribution < 1.29 is 9.90 Å². The molecule has 0 fully saturated rings. The predicted molar refractivity (Wildman–Crippen MR) is 114 cm³/mol. The van der Waals surface area contributed by atoms with E-state index >= 15 is 0 Å². The summed E-state index contributed by atoms with van der Waals surface area (Å²) in [5, 5.41) is 14.3. The van der Waals surface area contributed by atoms with Crippen molar-refractivity contribution in [2.24, 2.45) is 5.92 Å². The third kappa shape index (κ3) is 3.11. The quantitative estimate of drug-likeness (QED) is 0.595. The number of aromatic amines is 1. The summed E-state index contributed by atoms with van der Waals surface area (Å²) in [6.07, 6.45) is 2.84. The van der Waals surface area contributed by atoms with Crippen LogP contribution >= 0.6 is 11.3 Å². The molecule has 0 saturated heterocycles. The van der Waals surface area contributed by atoms with E-state index in [1.807, 2.05) is 38.1 Å². The zero-order chi connectivity index (χ0) is 20.0. The molecule has 2 aromatic heterocycles. The maximum absolute atomic E-state index is 12.9. The largest absolute Gasteiger partial charge is 0.506 e. The summed E-state index contributed by atoms with van der Waals surface area (Å²) in [6.45, 7) is 6.29. The third-order valence-electron chi connectivity index (χ3n) is 5.50. The average Bonchev–Trinajstić information content (AvgIpc) is 2.99. The van der Waals surface area contributed by atoms with Gasteiger partial charge in [0.05, 0.1) is 5.39 Å². The predicted octanol–water partition coefficient (Wildman–Crippen LogP) is 4.80. The Morgan fingerprint density at radius 1 is 1.32 bits per heavy atom. The Morgan fingerprint density at radius 3 is 2.82 bits per heavy atom. The number of carbonyl (C=O) groups excluding carboxylic acids is 1. The highest BCUT2D eigenvalue weighted by Gasteiger charge is 2.27. The molecule has 2 heterocycles. The Balaban J connectivity index is 1.79. The van der Waals surface area contributed by atoms with E-state index in [-0.39, 0.29) is 17.2 Å². The van der Waals surface area contributed by atoms with Gasteiger partial charge in [-0.25, -0.2) is 0 Å². The summed E-state index contributed by atoms with van der Waals surface area (Å²) >= 11 is 1.52. The summed E-state index contributed by atoms with van der Waals surface area (Å²) in [4.78, 5) is 30.2. The molecule has 1 aromatic carbocycles. The molecule has 0 spiro atoms. The summed E-state index contributed by atoms with van der Waals surface area (Å²) in [5.41, 5.74) is 1.93. The van der Waals surface area contributed by atoms with Crippen LogP contribution in [0.3, 0.4) is 0 Å². The van der Waals surface area contributed by atoms with E-state index in [9.17, 15) is 14.7 Å².